The number of fused-ring (bicyclic) bond motifs is 1. The van der Waals surface area contributed by atoms with Gasteiger partial charge in [0.2, 0.25) is 0 Å². The molecule has 2 nitrogen and oxygen atoms in total. The molecule has 0 radical (unpaired) electrons. The van der Waals surface area contributed by atoms with E-state index < -0.39 is 6.36 Å². The van der Waals surface area contributed by atoms with Crippen molar-refractivity contribution in [3.63, 3.8) is 0 Å². The van der Waals surface area contributed by atoms with Gasteiger partial charge in [-0.15, -0.1) is 13.2 Å². The molecule has 90 valence electrons. The number of aromatic nitrogens is 1. The molecule has 0 unspecified atom stereocenters. The minimum Gasteiger partial charge on any atom is -0.403 e. The number of hydrogen-bond donors (Lipinski definition) is 0. The molecule has 0 amide bonds. The first-order chi connectivity index (χ1) is 7.87. The van der Waals surface area contributed by atoms with Crippen LogP contribution in [0.4, 0.5) is 13.2 Å². The molecule has 2 rings (SSSR count). The number of hydrogen-bond acceptors (Lipinski definition) is 2. The van der Waals surface area contributed by atoms with Crippen LogP contribution in [0.15, 0.2) is 24.3 Å². The minimum absolute atomic E-state index is 0.0976. The van der Waals surface area contributed by atoms with Crippen LogP contribution in [0.2, 0.25) is 5.15 Å². The van der Waals surface area contributed by atoms with Gasteiger partial charge >= 0.3 is 6.36 Å². The Kier molecular flexibility index (Phi) is 2.87. The highest BCUT2D eigenvalue weighted by atomic mass is 35.5. The lowest BCUT2D eigenvalue weighted by Crippen LogP contribution is -2.17. The van der Waals surface area contributed by atoms with E-state index in [9.17, 15) is 13.2 Å². The smallest absolute Gasteiger partial charge is 0.403 e. The Balaban J connectivity index is 2.61. The number of ether oxygens (including phenoxy) is 1. The molecule has 0 atom stereocenters. The first kappa shape index (κ1) is 12.0. The number of nitrogens with zero attached hydrogens (tertiary/aromatic N) is 1. The summed E-state index contributed by atoms with van der Waals surface area (Å²) in [6.07, 6.45) is -4.74. The number of pyridine rings is 1. The van der Waals surface area contributed by atoms with Crippen molar-refractivity contribution in [1.29, 1.82) is 0 Å². The number of alkyl halides is 3. The van der Waals surface area contributed by atoms with E-state index in [0.29, 0.717) is 10.9 Å². The second-order valence-electron chi connectivity index (χ2n) is 3.47. The van der Waals surface area contributed by atoms with Gasteiger partial charge in [-0.1, -0.05) is 23.7 Å². The van der Waals surface area contributed by atoms with Gasteiger partial charge in [0, 0.05) is 5.39 Å². The summed E-state index contributed by atoms with van der Waals surface area (Å²) in [5.74, 6) is -0.350. The van der Waals surface area contributed by atoms with Crippen molar-refractivity contribution in [3.05, 3.63) is 35.0 Å². The first-order valence-corrected chi connectivity index (χ1v) is 5.06. The molecule has 6 heteroatoms. The number of rotatable bonds is 1. The number of halogens is 4. The highest BCUT2D eigenvalue weighted by Gasteiger charge is 2.32. The lowest BCUT2D eigenvalue weighted by molar-refractivity contribution is -0.274. The Morgan fingerprint density at radius 1 is 1.29 bits per heavy atom. The summed E-state index contributed by atoms with van der Waals surface area (Å²) < 4.78 is 40.4. The zero-order valence-electron chi connectivity index (χ0n) is 8.68. The van der Waals surface area contributed by atoms with E-state index in [0.717, 1.165) is 0 Å². The maximum absolute atomic E-state index is 12.2. The third-order valence-corrected chi connectivity index (χ3v) is 2.55. The first-order valence-electron chi connectivity index (χ1n) is 4.68. The van der Waals surface area contributed by atoms with E-state index in [4.69, 9.17) is 11.6 Å². The van der Waals surface area contributed by atoms with Gasteiger partial charge in [0.05, 0.1) is 0 Å². The maximum Gasteiger partial charge on any atom is 0.573 e. The highest BCUT2D eigenvalue weighted by Crippen LogP contribution is 2.31. The van der Waals surface area contributed by atoms with Crippen molar-refractivity contribution in [2.24, 2.45) is 0 Å². The largest absolute Gasteiger partial charge is 0.573 e. The fourth-order valence-electron chi connectivity index (χ4n) is 1.46. The normalized spacial score (nSPS) is 11.8. The molecular formula is C11H7ClF3NO. The summed E-state index contributed by atoms with van der Waals surface area (Å²) in [6.45, 7) is 1.73. The molecule has 0 N–H and O–H groups in total. The van der Waals surface area contributed by atoms with E-state index >= 15 is 0 Å². The Labute approximate surface area is 100.0 Å². The van der Waals surface area contributed by atoms with E-state index in [1.165, 1.54) is 12.1 Å². The van der Waals surface area contributed by atoms with E-state index in [-0.39, 0.29) is 16.4 Å². The third-order valence-electron chi connectivity index (χ3n) is 2.16. The third kappa shape index (κ3) is 2.61. The van der Waals surface area contributed by atoms with Gasteiger partial charge in [-0.05, 0) is 24.6 Å². The van der Waals surface area contributed by atoms with E-state index in [1.807, 2.05) is 0 Å². The van der Waals surface area contributed by atoms with Crippen molar-refractivity contribution in [3.8, 4) is 5.75 Å². The standard InChI is InChI=1S/C11H7ClF3NO/c1-6-5-7-3-2-4-8(17-11(13,14)15)9(7)16-10(6)12/h2-5H,1H3. The molecule has 0 spiro atoms. The molecular weight excluding hydrogens is 255 g/mol. The summed E-state index contributed by atoms with van der Waals surface area (Å²) in [4.78, 5) is 3.90. The molecule has 0 saturated carbocycles. The van der Waals surface area contributed by atoms with Crippen LogP contribution in [0.5, 0.6) is 5.75 Å². The monoisotopic (exact) mass is 261 g/mol. The lowest BCUT2D eigenvalue weighted by Gasteiger charge is -2.11. The van der Waals surface area contributed by atoms with Gasteiger partial charge < -0.3 is 4.74 Å². The van der Waals surface area contributed by atoms with Crippen molar-refractivity contribution >= 4 is 22.5 Å². The van der Waals surface area contributed by atoms with Gasteiger partial charge in [-0.25, -0.2) is 4.98 Å². The molecule has 0 fully saturated rings. The summed E-state index contributed by atoms with van der Waals surface area (Å²) in [5.41, 5.74) is 0.795. The SMILES string of the molecule is Cc1cc2cccc(OC(F)(F)F)c2nc1Cl. The van der Waals surface area contributed by atoms with Gasteiger partial charge in [0.1, 0.15) is 10.7 Å². The molecule has 0 aliphatic rings. The molecule has 0 saturated heterocycles. The number of benzene rings is 1. The fourth-order valence-corrected chi connectivity index (χ4v) is 1.60. The zero-order chi connectivity index (χ0) is 12.6. The quantitative estimate of drug-likeness (QED) is 0.721. The molecule has 1 aromatic heterocycles. The van der Waals surface area contributed by atoms with Gasteiger partial charge in [-0.3, -0.25) is 0 Å². The predicted octanol–water partition coefficient (Wildman–Crippen LogP) is 4.10. The molecule has 17 heavy (non-hydrogen) atoms. The van der Waals surface area contributed by atoms with E-state index in [2.05, 4.69) is 9.72 Å². The molecule has 0 aliphatic heterocycles. The van der Waals surface area contributed by atoms with Crippen LogP contribution >= 0.6 is 11.6 Å². The molecule has 1 heterocycles. The lowest BCUT2D eigenvalue weighted by atomic mass is 10.1. The Bertz CT molecular complexity index is 568. The summed E-state index contributed by atoms with van der Waals surface area (Å²) >= 11 is 5.78. The second-order valence-corrected chi connectivity index (χ2v) is 3.83. The second kappa shape index (κ2) is 4.07. The molecule has 1 aromatic carbocycles. The summed E-state index contributed by atoms with van der Waals surface area (Å²) in [7, 11) is 0. The van der Waals surface area contributed by atoms with Crippen LogP contribution < -0.4 is 4.74 Å². The van der Waals surface area contributed by atoms with Crippen molar-refractivity contribution < 1.29 is 17.9 Å². The van der Waals surface area contributed by atoms with Crippen LogP contribution in [-0.4, -0.2) is 11.3 Å². The minimum atomic E-state index is -4.74. The van der Waals surface area contributed by atoms with Gasteiger partial charge in [0.25, 0.3) is 0 Å². The molecule has 0 aliphatic carbocycles. The molecule has 0 bridgehead atoms. The molecule has 2 aromatic rings. The number of aryl methyl sites for hydroxylation is 1. The maximum atomic E-state index is 12.2. The van der Waals surface area contributed by atoms with Crippen LogP contribution in [0, 0.1) is 6.92 Å². The Hall–Kier alpha value is -1.49. The zero-order valence-corrected chi connectivity index (χ0v) is 9.43. The van der Waals surface area contributed by atoms with E-state index in [1.54, 1.807) is 19.1 Å². The van der Waals surface area contributed by atoms with Gasteiger partial charge in [-0.2, -0.15) is 0 Å². The topological polar surface area (TPSA) is 22.1 Å². The van der Waals surface area contributed by atoms with Crippen LogP contribution in [0.1, 0.15) is 5.56 Å². The Morgan fingerprint density at radius 3 is 2.65 bits per heavy atom. The van der Waals surface area contributed by atoms with Crippen LogP contribution in [-0.2, 0) is 0 Å². The Morgan fingerprint density at radius 2 is 2.00 bits per heavy atom. The fraction of sp³-hybridized carbons (Fsp3) is 0.182. The van der Waals surface area contributed by atoms with Crippen molar-refractivity contribution in [2.75, 3.05) is 0 Å². The van der Waals surface area contributed by atoms with Crippen molar-refractivity contribution in [1.82, 2.24) is 4.98 Å². The summed E-state index contributed by atoms with van der Waals surface area (Å²) in [6, 6.07) is 5.98. The predicted molar refractivity (Wildman–Crippen MR) is 58.2 cm³/mol. The average Bonchev–Trinajstić information content (AvgIpc) is 2.19. The van der Waals surface area contributed by atoms with Crippen molar-refractivity contribution in [2.45, 2.75) is 13.3 Å². The summed E-state index contributed by atoms with van der Waals surface area (Å²) in [5, 5.41) is 0.712. The van der Waals surface area contributed by atoms with Crippen LogP contribution in [0.25, 0.3) is 10.9 Å². The van der Waals surface area contributed by atoms with Crippen LogP contribution in [0.3, 0.4) is 0 Å². The highest BCUT2D eigenvalue weighted by molar-refractivity contribution is 6.30. The van der Waals surface area contributed by atoms with Gasteiger partial charge in [0.15, 0.2) is 5.75 Å². The average molecular weight is 262 g/mol. The number of para-hydroxylation sites is 1.